The van der Waals surface area contributed by atoms with Gasteiger partial charge >= 0.3 is 0 Å². The van der Waals surface area contributed by atoms with Gasteiger partial charge in [0.15, 0.2) is 0 Å². The molecule has 0 saturated heterocycles. The number of ether oxygens (including phenoxy) is 1. The summed E-state index contributed by atoms with van der Waals surface area (Å²) in [4.78, 5) is 13.5. The largest absolute Gasteiger partial charge is 0.389 e. The number of amides is 1. The van der Waals surface area contributed by atoms with E-state index in [2.05, 4.69) is 5.32 Å². The van der Waals surface area contributed by atoms with Gasteiger partial charge in [0.1, 0.15) is 0 Å². The molecule has 0 spiro atoms. The molecule has 1 aliphatic carbocycles. The van der Waals surface area contributed by atoms with E-state index in [-0.39, 0.29) is 11.9 Å². The highest BCUT2D eigenvalue weighted by molar-refractivity contribution is 5.81. The smallest absolute Gasteiger partial charge is 0.239 e. The fraction of sp³-hybridized carbons (Fsp3) is 0.929. The molecule has 2 N–H and O–H groups in total. The third-order valence-electron chi connectivity index (χ3n) is 3.71. The average molecular weight is 272 g/mol. The van der Waals surface area contributed by atoms with E-state index < -0.39 is 6.10 Å². The molecule has 1 rings (SSSR count). The molecule has 0 bridgehead atoms. The zero-order valence-electron chi connectivity index (χ0n) is 12.4. The van der Waals surface area contributed by atoms with Crippen LogP contribution in [0.4, 0.5) is 0 Å². The van der Waals surface area contributed by atoms with Crippen molar-refractivity contribution < 1.29 is 14.6 Å². The molecule has 0 radical (unpaired) electrons. The maximum Gasteiger partial charge on any atom is 0.239 e. The molecule has 2 atom stereocenters. The zero-order chi connectivity index (χ0) is 14.3. The Balaban J connectivity index is 2.14. The molecule has 0 aromatic rings. The Hall–Kier alpha value is -0.650. The molecule has 5 heteroatoms. The monoisotopic (exact) mass is 272 g/mol. The molecule has 112 valence electrons. The maximum absolute atomic E-state index is 11.8. The number of nitrogens with one attached hydrogen (secondary N) is 1. The van der Waals surface area contributed by atoms with Crippen molar-refractivity contribution in [2.75, 3.05) is 26.7 Å². The van der Waals surface area contributed by atoms with Crippen molar-refractivity contribution in [3.63, 3.8) is 0 Å². The average Bonchev–Trinajstić information content (AvgIpc) is 2.93. The summed E-state index contributed by atoms with van der Waals surface area (Å²) in [5.41, 5.74) is 0. The minimum atomic E-state index is -0.553. The highest BCUT2D eigenvalue weighted by Crippen LogP contribution is 2.20. The Labute approximate surface area is 116 Å². The first-order valence-corrected chi connectivity index (χ1v) is 7.32. The molecular weight excluding hydrogens is 244 g/mol. The lowest BCUT2D eigenvalue weighted by molar-refractivity contribution is -0.131. The Kier molecular flexibility index (Phi) is 7.34. The summed E-state index contributed by atoms with van der Waals surface area (Å²) in [5.74, 6) is 0.0476. The second-order valence-corrected chi connectivity index (χ2v) is 5.38. The standard InChI is InChI=1S/C14H28N2O3/c1-4-16(3)14(18)11(2)15-9-12(17)10-19-13-7-5-6-8-13/h11-13,15,17H,4-10H2,1-3H3. The van der Waals surface area contributed by atoms with Crippen LogP contribution in [0.5, 0.6) is 0 Å². The molecular formula is C14H28N2O3. The van der Waals surface area contributed by atoms with Crippen molar-refractivity contribution in [1.82, 2.24) is 10.2 Å². The first-order chi connectivity index (χ1) is 9.04. The minimum Gasteiger partial charge on any atom is -0.389 e. The van der Waals surface area contributed by atoms with Crippen LogP contribution in [0.1, 0.15) is 39.5 Å². The normalized spacial score (nSPS) is 19.4. The van der Waals surface area contributed by atoms with Crippen molar-refractivity contribution in [1.29, 1.82) is 0 Å². The van der Waals surface area contributed by atoms with Crippen LogP contribution in [0.25, 0.3) is 0 Å². The number of likely N-dealkylation sites (N-methyl/N-ethyl adjacent to an activating group) is 1. The van der Waals surface area contributed by atoms with E-state index in [1.807, 2.05) is 13.8 Å². The molecule has 0 aromatic carbocycles. The summed E-state index contributed by atoms with van der Waals surface area (Å²) in [5, 5.41) is 12.9. The highest BCUT2D eigenvalue weighted by atomic mass is 16.5. The number of carbonyl (C=O) groups excluding carboxylic acids is 1. The number of aliphatic hydroxyl groups is 1. The van der Waals surface area contributed by atoms with Gasteiger partial charge in [-0.3, -0.25) is 4.79 Å². The van der Waals surface area contributed by atoms with Crippen molar-refractivity contribution in [2.45, 2.75) is 57.8 Å². The molecule has 1 aliphatic rings. The summed E-state index contributed by atoms with van der Waals surface area (Å²) in [7, 11) is 1.78. The van der Waals surface area contributed by atoms with Gasteiger partial charge in [-0.2, -0.15) is 0 Å². The van der Waals surface area contributed by atoms with Crippen LogP contribution in [0.3, 0.4) is 0 Å². The quantitative estimate of drug-likeness (QED) is 0.685. The fourth-order valence-electron chi connectivity index (χ4n) is 2.25. The van der Waals surface area contributed by atoms with Gasteiger partial charge in [0.2, 0.25) is 5.91 Å². The van der Waals surface area contributed by atoms with Crippen molar-refractivity contribution >= 4 is 5.91 Å². The third-order valence-corrected chi connectivity index (χ3v) is 3.71. The second kappa shape index (κ2) is 8.51. The van der Waals surface area contributed by atoms with Crippen LogP contribution in [-0.2, 0) is 9.53 Å². The van der Waals surface area contributed by atoms with Gasteiger partial charge in [-0.1, -0.05) is 12.8 Å². The topological polar surface area (TPSA) is 61.8 Å². The lowest BCUT2D eigenvalue weighted by Crippen LogP contribution is -2.46. The van der Waals surface area contributed by atoms with Crippen molar-refractivity contribution in [3.05, 3.63) is 0 Å². The first-order valence-electron chi connectivity index (χ1n) is 7.32. The van der Waals surface area contributed by atoms with E-state index in [9.17, 15) is 9.90 Å². The third kappa shape index (κ3) is 5.89. The van der Waals surface area contributed by atoms with Crippen LogP contribution < -0.4 is 5.32 Å². The molecule has 19 heavy (non-hydrogen) atoms. The minimum absolute atomic E-state index is 0.0476. The Bertz CT molecular complexity index is 267. The van der Waals surface area contributed by atoms with Crippen LogP contribution in [0.2, 0.25) is 0 Å². The number of aliphatic hydroxyl groups excluding tert-OH is 1. The zero-order valence-corrected chi connectivity index (χ0v) is 12.4. The molecule has 0 aromatic heterocycles. The molecule has 2 unspecified atom stereocenters. The van der Waals surface area contributed by atoms with Gasteiger partial charge in [-0.15, -0.1) is 0 Å². The van der Waals surface area contributed by atoms with Gasteiger partial charge < -0.3 is 20.1 Å². The first kappa shape index (κ1) is 16.4. The summed E-state index contributed by atoms with van der Waals surface area (Å²) < 4.78 is 5.64. The van der Waals surface area contributed by atoms with E-state index in [1.165, 1.54) is 12.8 Å². The lowest BCUT2D eigenvalue weighted by Gasteiger charge is -2.22. The van der Waals surface area contributed by atoms with E-state index in [0.717, 1.165) is 12.8 Å². The molecule has 0 heterocycles. The summed E-state index contributed by atoms with van der Waals surface area (Å²) >= 11 is 0. The van der Waals surface area contributed by atoms with Crippen molar-refractivity contribution in [2.24, 2.45) is 0 Å². The van der Waals surface area contributed by atoms with E-state index >= 15 is 0 Å². The van der Waals surface area contributed by atoms with Crippen LogP contribution >= 0.6 is 0 Å². The fourth-order valence-corrected chi connectivity index (χ4v) is 2.25. The predicted molar refractivity (Wildman–Crippen MR) is 75.0 cm³/mol. The number of nitrogens with zero attached hydrogens (tertiary/aromatic N) is 1. The Morgan fingerprint density at radius 2 is 2.11 bits per heavy atom. The van der Waals surface area contributed by atoms with E-state index in [4.69, 9.17) is 4.74 Å². The van der Waals surface area contributed by atoms with Crippen LogP contribution in [0, 0.1) is 0 Å². The summed E-state index contributed by atoms with van der Waals surface area (Å²) in [6.07, 6.45) is 4.44. The van der Waals surface area contributed by atoms with Gasteiger partial charge in [0.05, 0.1) is 24.9 Å². The molecule has 0 aliphatic heterocycles. The number of hydrogen-bond acceptors (Lipinski definition) is 4. The van der Waals surface area contributed by atoms with Gasteiger partial charge in [-0.25, -0.2) is 0 Å². The summed E-state index contributed by atoms with van der Waals surface area (Å²) in [6.45, 7) is 5.19. The maximum atomic E-state index is 11.8. The van der Waals surface area contributed by atoms with Gasteiger partial charge in [-0.05, 0) is 26.7 Å². The van der Waals surface area contributed by atoms with Gasteiger partial charge in [0, 0.05) is 20.1 Å². The number of rotatable bonds is 8. The summed E-state index contributed by atoms with van der Waals surface area (Å²) in [6, 6.07) is -0.272. The molecule has 5 nitrogen and oxygen atoms in total. The highest BCUT2D eigenvalue weighted by Gasteiger charge is 2.19. The van der Waals surface area contributed by atoms with E-state index in [1.54, 1.807) is 11.9 Å². The molecule has 1 amide bonds. The van der Waals surface area contributed by atoms with Crippen LogP contribution in [0.15, 0.2) is 0 Å². The lowest BCUT2D eigenvalue weighted by atomic mass is 10.2. The Morgan fingerprint density at radius 1 is 1.47 bits per heavy atom. The number of carbonyl (C=O) groups is 1. The SMILES string of the molecule is CCN(C)C(=O)C(C)NCC(O)COC1CCCC1. The van der Waals surface area contributed by atoms with E-state index in [0.29, 0.717) is 25.8 Å². The molecule has 1 saturated carbocycles. The second-order valence-electron chi connectivity index (χ2n) is 5.38. The van der Waals surface area contributed by atoms with Crippen molar-refractivity contribution in [3.8, 4) is 0 Å². The Morgan fingerprint density at radius 3 is 2.68 bits per heavy atom. The predicted octanol–water partition coefficient (Wildman–Crippen LogP) is 0.763. The molecule has 1 fully saturated rings. The number of hydrogen-bond donors (Lipinski definition) is 2. The van der Waals surface area contributed by atoms with Crippen LogP contribution in [-0.4, -0.2) is 60.9 Å². The van der Waals surface area contributed by atoms with Gasteiger partial charge in [0.25, 0.3) is 0 Å².